The molecule has 8 nitrogen and oxygen atoms in total. The van der Waals surface area contributed by atoms with Crippen molar-refractivity contribution >= 4 is 39.5 Å². The van der Waals surface area contributed by atoms with E-state index in [9.17, 15) is 13.2 Å². The number of fused-ring (bicyclic) bond motifs is 2. The van der Waals surface area contributed by atoms with E-state index in [1.165, 1.54) is 12.1 Å². The van der Waals surface area contributed by atoms with Gasteiger partial charge in [0.1, 0.15) is 18.2 Å². The number of anilines is 3. The third-order valence-electron chi connectivity index (χ3n) is 6.41. The lowest BCUT2D eigenvalue weighted by molar-refractivity contribution is -0.137. The molecule has 0 saturated carbocycles. The summed E-state index contributed by atoms with van der Waals surface area (Å²) in [7, 11) is 0. The molecular weight excluding hydrogens is 531 g/mol. The quantitative estimate of drug-likeness (QED) is 0.193. The minimum Gasteiger partial charge on any atom is -0.492 e. The summed E-state index contributed by atoms with van der Waals surface area (Å²) in [6.45, 7) is 1.10. The van der Waals surface area contributed by atoms with E-state index in [0.717, 1.165) is 28.7 Å². The summed E-state index contributed by atoms with van der Waals surface area (Å²) in [4.78, 5) is 18.4. The van der Waals surface area contributed by atoms with Crippen molar-refractivity contribution in [3.8, 4) is 5.75 Å². The van der Waals surface area contributed by atoms with Crippen LogP contribution in [0.15, 0.2) is 97.5 Å². The van der Waals surface area contributed by atoms with Gasteiger partial charge in [-0.05, 0) is 41.3 Å². The van der Waals surface area contributed by atoms with Gasteiger partial charge < -0.3 is 19.9 Å². The second-order valence-electron chi connectivity index (χ2n) is 9.23. The average molecular weight is 556 g/mol. The Hall–Kier alpha value is -5.19. The van der Waals surface area contributed by atoms with Gasteiger partial charge in [0.25, 0.3) is 0 Å². The van der Waals surface area contributed by atoms with E-state index in [2.05, 4.69) is 25.6 Å². The molecule has 41 heavy (non-hydrogen) atoms. The van der Waals surface area contributed by atoms with Gasteiger partial charge in [-0.1, -0.05) is 54.6 Å². The molecule has 3 heterocycles. The van der Waals surface area contributed by atoms with Crippen LogP contribution in [0.5, 0.6) is 5.75 Å². The first kappa shape index (κ1) is 26.1. The molecule has 0 bridgehead atoms. The van der Waals surface area contributed by atoms with E-state index in [1.807, 2.05) is 60.7 Å². The smallest absolute Gasteiger partial charge is 0.416 e. The highest BCUT2D eigenvalue weighted by Crippen LogP contribution is 2.30. The number of aromatic nitrogens is 5. The van der Waals surface area contributed by atoms with Crippen molar-refractivity contribution in [1.29, 1.82) is 0 Å². The Bertz CT molecular complexity index is 1780. The van der Waals surface area contributed by atoms with Crippen LogP contribution in [0.4, 0.5) is 30.8 Å². The molecule has 0 saturated heterocycles. The lowest BCUT2D eigenvalue weighted by atomic mass is 10.1. The van der Waals surface area contributed by atoms with Crippen LogP contribution in [0, 0.1) is 0 Å². The zero-order valence-electron chi connectivity index (χ0n) is 21.6. The Morgan fingerprint density at radius 3 is 2.39 bits per heavy atom. The lowest BCUT2D eigenvalue weighted by Crippen LogP contribution is -2.14. The number of hydrogen-bond donors (Lipinski definition) is 2. The van der Waals surface area contributed by atoms with Crippen LogP contribution in [0.1, 0.15) is 11.1 Å². The van der Waals surface area contributed by atoms with Crippen molar-refractivity contribution in [3.05, 3.63) is 109 Å². The second kappa shape index (κ2) is 11.1. The number of imidazole rings is 1. The van der Waals surface area contributed by atoms with E-state index >= 15 is 0 Å². The van der Waals surface area contributed by atoms with Crippen molar-refractivity contribution in [3.63, 3.8) is 0 Å². The Labute approximate surface area is 232 Å². The van der Waals surface area contributed by atoms with Crippen LogP contribution in [-0.2, 0) is 12.7 Å². The van der Waals surface area contributed by atoms with E-state index in [4.69, 9.17) is 9.72 Å². The Balaban J connectivity index is 1.31. The summed E-state index contributed by atoms with van der Waals surface area (Å²) in [5, 5.41) is 8.43. The first-order valence-corrected chi connectivity index (χ1v) is 12.9. The number of benzene rings is 3. The third-order valence-corrected chi connectivity index (χ3v) is 6.41. The fourth-order valence-electron chi connectivity index (χ4n) is 4.42. The zero-order valence-corrected chi connectivity index (χ0v) is 21.6. The maximum absolute atomic E-state index is 13.0. The summed E-state index contributed by atoms with van der Waals surface area (Å²) in [5.41, 5.74) is 1.01. The molecule has 0 atom stereocenters. The first-order valence-electron chi connectivity index (χ1n) is 12.9. The lowest BCUT2D eigenvalue weighted by Gasteiger charge is -2.12. The molecule has 0 radical (unpaired) electrons. The molecule has 3 aromatic heterocycles. The highest BCUT2D eigenvalue weighted by molar-refractivity contribution is 5.93. The predicted molar refractivity (Wildman–Crippen MR) is 151 cm³/mol. The van der Waals surface area contributed by atoms with Gasteiger partial charge in [-0.25, -0.2) is 9.97 Å². The number of ether oxygens (including phenoxy) is 1. The minimum absolute atomic E-state index is 0.272. The molecule has 0 aliphatic carbocycles. The van der Waals surface area contributed by atoms with Gasteiger partial charge in [0.2, 0.25) is 5.95 Å². The normalized spacial score (nSPS) is 11.6. The molecule has 0 aliphatic heterocycles. The second-order valence-corrected chi connectivity index (χ2v) is 9.23. The van der Waals surface area contributed by atoms with Crippen molar-refractivity contribution < 1.29 is 17.9 Å². The Morgan fingerprint density at radius 2 is 1.59 bits per heavy atom. The van der Waals surface area contributed by atoms with Crippen molar-refractivity contribution in [2.24, 2.45) is 0 Å². The Morgan fingerprint density at radius 1 is 0.805 bits per heavy atom. The number of hydrogen-bond acceptors (Lipinski definition) is 7. The van der Waals surface area contributed by atoms with E-state index in [0.29, 0.717) is 47.5 Å². The number of alkyl halides is 3. The molecule has 0 spiro atoms. The summed E-state index contributed by atoms with van der Waals surface area (Å²) in [5.74, 6) is 2.13. The molecule has 11 heteroatoms. The molecule has 2 N–H and O–H groups in total. The van der Waals surface area contributed by atoms with Crippen LogP contribution >= 0.6 is 0 Å². The third kappa shape index (κ3) is 5.88. The maximum atomic E-state index is 13.0. The highest BCUT2D eigenvalue weighted by Gasteiger charge is 2.30. The molecule has 0 fully saturated rings. The molecule has 0 aliphatic rings. The van der Waals surface area contributed by atoms with Crippen molar-refractivity contribution in [2.45, 2.75) is 12.7 Å². The standard InChI is InChI=1S/C30H24F3N7O/c31-30(32,33)22-12-10-20(11-13-22)18-40-19-36-25-27(35-16-17-41-23-7-2-1-3-8-23)38-29(39-28(25)40)37-26-24-9-5-4-6-21(24)14-15-34-26/h1-15,19H,16-18H2,(H2,34,35,37,38,39). The molecule has 0 amide bonds. The van der Waals surface area contributed by atoms with Gasteiger partial charge in [-0.2, -0.15) is 23.1 Å². The molecular formula is C30H24F3N7O. The number of pyridine rings is 1. The summed E-state index contributed by atoms with van der Waals surface area (Å²) in [6, 6.07) is 24.3. The minimum atomic E-state index is -4.39. The molecule has 6 rings (SSSR count). The van der Waals surface area contributed by atoms with Gasteiger partial charge in [-0.3, -0.25) is 0 Å². The van der Waals surface area contributed by atoms with Gasteiger partial charge >= 0.3 is 6.18 Å². The largest absolute Gasteiger partial charge is 0.492 e. The molecule has 6 aromatic rings. The monoisotopic (exact) mass is 555 g/mol. The van der Waals surface area contributed by atoms with E-state index < -0.39 is 11.7 Å². The number of nitrogens with one attached hydrogen (secondary N) is 2. The SMILES string of the molecule is FC(F)(F)c1ccc(Cn2cnc3c(NCCOc4ccccc4)nc(Nc4nccc5ccccc45)nc32)cc1. The molecule has 0 unspecified atom stereocenters. The van der Waals surface area contributed by atoms with Crippen LogP contribution in [0.25, 0.3) is 21.9 Å². The Kier molecular flexibility index (Phi) is 7.07. The number of para-hydroxylation sites is 1. The van der Waals surface area contributed by atoms with Gasteiger partial charge in [-0.15, -0.1) is 0 Å². The fourth-order valence-corrected chi connectivity index (χ4v) is 4.42. The van der Waals surface area contributed by atoms with Crippen LogP contribution in [-0.4, -0.2) is 37.7 Å². The summed E-state index contributed by atoms with van der Waals surface area (Å²) < 4.78 is 46.7. The summed E-state index contributed by atoms with van der Waals surface area (Å²) in [6.07, 6.45) is -1.09. The molecule has 3 aromatic carbocycles. The highest BCUT2D eigenvalue weighted by atomic mass is 19.4. The number of nitrogens with zero attached hydrogens (tertiary/aromatic N) is 5. The van der Waals surface area contributed by atoms with Crippen LogP contribution in [0.2, 0.25) is 0 Å². The first-order chi connectivity index (χ1) is 19.9. The predicted octanol–water partition coefficient (Wildman–Crippen LogP) is 6.68. The van der Waals surface area contributed by atoms with Crippen molar-refractivity contribution in [1.82, 2.24) is 24.5 Å². The van der Waals surface area contributed by atoms with Crippen molar-refractivity contribution in [2.75, 3.05) is 23.8 Å². The maximum Gasteiger partial charge on any atom is 0.416 e. The summed E-state index contributed by atoms with van der Waals surface area (Å²) >= 11 is 0. The zero-order chi connectivity index (χ0) is 28.2. The van der Waals surface area contributed by atoms with E-state index in [1.54, 1.807) is 17.1 Å². The van der Waals surface area contributed by atoms with Gasteiger partial charge in [0, 0.05) is 11.6 Å². The molecule has 206 valence electrons. The topological polar surface area (TPSA) is 89.8 Å². The van der Waals surface area contributed by atoms with Crippen LogP contribution < -0.4 is 15.4 Å². The van der Waals surface area contributed by atoms with E-state index in [-0.39, 0.29) is 6.54 Å². The number of halogens is 3. The van der Waals surface area contributed by atoms with Gasteiger partial charge in [0.15, 0.2) is 17.0 Å². The number of rotatable bonds is 9. The van der Waals surface area contributed by atoms with Crippen LogP contribution in [0.3, 0.4) is 0 Å². The average Bonchev–Trinajstić information content (AvgIpc) is 3.38. The fraction of sp³-hybridized carbons (Fsp3) is 0.133. The van der Waals surface area contributed by atoms with Gasteiger partial charge in [0.05, 0.1) is 25.0 Å².